The maximum Gasteiger partial charge on any atom is 0.255 e. The third-order valence-electron chi connectivity index (χ3n) is 4.03. The van der Waals surface area contributed by atoms with E-state index in [0.717, 1.165) is 18.5 Å². The van der Waals surface area contributed by atoms with Gasteiger partial charge in [0.25, 0.3) is 5.91 Å². The molecule has 0 bridgehead atoms. The number of hydrogen-bond acceptors (Lipinski definition) is 3. The molecule has 5 nitrogen and oxygen atoms in total. The second kappa shape index (κ2) is 7.15. The van der Waals surface area contributed by atoms with Crippen molar-refractivity contribution in [2.24, 2.45) is 5.92 Å². The van der Waals surface area contributed by atoms with Gasteiger partial charge in [-0.1, -0.05) is 17.7 Å². The summed E-state index contributed by atoms with van der Waals surface area (Å²) >= 11 is 6.05. The van der Waals surface area contributed by atoms with Crippen molar-refractivity contribution in [2.75, 3.05) is 29.6 Å². The van der Waals surface area contributed by atoms with Crippen LogP contribution in [0, 0.1) is 5.92 Å². The van der Waals surface area contributed by atoms with Crippen LogP contribution in [-0.2, 0) is 4.79 Å². The molecule has 6 heteroatoms. The van der Waals surface area contributed by atoms with Crippen molar-refractivity contribution in [3.05, 3.63) is 53.1 Å². The Morgan fingerprint density at radius 1 is 1.08 bits per heavy atom. The fourth-order valence-corrected chi connectivity index (χ4v) is 2.69. The molecule has 3 rings (SSSR count). The lowest BCUT2D eigenvalue weighted by atomic mass is 10.1. The van der Waals surface area contributed by atoms with E-state index in [-0.39, 0.29) is 17.7 Å². The average molecular weight is 358 g/mol. The molecule has 0 heterocycles. The maximum absolute atomic E-state index is 12.6. The molecule has 1 saturated carbocycles. The van der Waals surface area contributed by atoms with E-state index in [9.17, 15) is 9.59 Å². The lowest BCUT2D eigenvalue weighted by Gasteiger charge is -2.18. The summed E-state index contributed by atoms with van der Waals surface area (Å²) in [4.78, 5) is 26.4. The number of carbonyl (C=O) groups excluding carboxylic acids is 2. The van der Waals surface area contributed by atoms with Crippen molar-refractivity contribution >= 4 is 40.5 Å². The Morgan fingerprint density at radius 3 is 2.52 bits per heavy atom. The summed E-state index contributed by atoms with van der Waals surface area (Å²) in [7, 11) is 3.79. The SMILES string of the molecule is CN(C)c1ccc(Cl)cc1NC(=O)c1cccc(NC(=O)C2CC2)c1. The fraction of sp³-hybridized carbons (Fsp3) is 0.263. The largest absolute Gasteiger partial charge is 0.376 e. The molecule has 0 unspecified atom stereocenters. The molecule has 1 aliphatic rings. The van der Waals surface area contributed by atoms with E-state index in [0.29, 0.717) is 22.0 Å². The highest BCUT2D eigenvalue weighted by Crippen LogP contribution is 2.31. The Balaban J connectivity index is 1.77. The van der Waals surface area contributed by atoms with Crippen molar-refractivity contribution in [3.8, 4) is 0 Å². The van der Waals surface area contributed by atoms with Gasteiger partial charge in [-0.2, -0.15) is 0 Å². The predicted octanol–water partition coefficient (Wildman–Crippen LogP) is 4.01. The Kier molecular flexibility index (Phi) is 4.95. The molecule has 0 saturated heterocycles. The molecule has 0 radical (unpaired) electrons. The van der Waals surface area contributed by atoms with Gasteiger partial charge in [0, 0.05) is 36.3 Å². The normalized spacial score (nSPS) is 13.2. The molecule has 0 aromatic heterocycles. The predicted molar refractivity (Wildman–Crippen MR) is 102 cm³/mol. The molecule has 2 amide bonds. The van der Waals surface area contributed by atoms with Crippen molar-refractivity contribution in [1.82, 2.24) is 0 Å². The zero-order valence-corrected chi connectivity index (χ0v) is 14.9. The highest BCUT2D eigenvalue weighted by molar-refractivity contribution is 6.31. The van der Waals surface area contributed by atoms with E-state index >= 15 is 0 Å². The van der Waals surface area contributed by atoms with Crippen LogP contribution in [-0.4, -0.2) is 25.9 Å². The number of halogens is 1. The van der Waals surface area contributed by atoms with Gasteiger partial charge in [0.15, 0.2) is 0 Å². The van der Waals surface area contributed by atoms with Crippen molar-refractivity contribution in [2.45, 2.75) is 12.8 Å². The summed E-state index contributed by atoms with van der Waals surface area (Å²) in [5, 5.41) is 6.29. The second-order valence-corrected chi connectivity index (χ2v) is 6.79. The van der Waals surface area contributed by atoms with E-state index in [1.54, 1.807) is 36.4 Å². The van der Waals surface area contributed by atoms with Crippen LogP contribution in [0.5, 0.6) is 0 Å². The van der Waals surface area contributed by atoms with Crippen molar-refractivity contribution in [1.29, 1.82) is 0 Å². The van der Waals surface area contributed by atoms with Crippen LogP contribution in [0.2, 0.25) is 5.02 Å². The summed E-state index contributed by atoms with van der Waals surface area (Å²) < 4.78 is 0. The van der Waals surface area contributed by atoms with Crippen LogP contribution in [0.4, 0.5) is 17.1 Å². The Hall–Kier alpha value is -2.53. The lowest BCUT2D eigenvalue weighted by Crippen LogP contribution is -2.17. The first kappa shape index (κ1) is 17.3. The van der Waals surface area contributed by atoms with Gasteiger partial charge < -0.3 is 15.5 Å². The first-order chi connectivity index (χ1) is 11.9. The van der Waals surface area contributed by atoms with Gasteiger partial charge in [-0.15, -0.1) is 0 Å². The first-order valence-electron chi connectivity index (χ1n) is 8.13. The topological polar surface area (TPSA) is 61.4 Å². The zero-order valence-electron chi connectivity index (χ0n) is 14.2. The van der Waals surface area contributed by atoms with Crippen LogP contribution in [0.1, 0.15) is 23.2 Å². The van der Waals surface area contributed by atoms with Crippen LogP contribution < -0.4 is 15.5 Å². The number of nitrogens with zero attached hydrogens (tertiary/aromatic N) is 1. The van der Waals surface area contributed by atoms with Gasteiger partial charge >= 0.3 is 0 Å². The van der Waals surface area contributed by atoms with Gasteiger partial charge in [0.1, 0.15) is 0 Å². The summed E-state index contributed by atoms with van der Waals surface area (Å²) in [6.07, 6.45) is 1.88. The lowest BCUT2D eigenvalue weighted by molar-refractivity contribution is -0.117. The third-order valence-corrected chi connectivity index (χ3v) is 4.26. The quantitative estimate of drug-likeness (QED) is 0.850. The Morgan fingerprint density at radius 2 is 1.84 bits per heavy atom. The molecule has 2 aromatic rings. The Labute approximate surface area is 152 Å². The van der Waals surface area contributed by atoms with Gasteiger partial charge in [-0.05, 0) is 49.2 Å². The molecular weight excluding hydrogens is 338 g/mol. The number of nitrogens with one attached hydrogen (secondary N) is 2. The maximum atomic E-state index is 12.6. The number of hydrogen-bond donors (Lipinski definition) is 2. The summed E-state index contributed by atoms with van der Waals surface area (Å²) in [5.74, 6) is -0.123. The molecule has 130 valence electrons. The molecule has 0 spiro atoms. The second-order valence-electron chi connectivity index (χ2n) is 6.35. The van der Waals surface area contributed by atoms with Crippen LogP contribution in [0.3, 0.4) is 0 Å². The minimum Gasteiger partial charge on any atom is -0.376 e. The monoisotopic (exact) mass is 357 g/mol. The Bertz CT molecular complexity index is 816. The number of anilines is 3. The van der Waals surface area contributed by atoms with Crippen LogP contribution in [0.15, 0.2) is 42.5 Å². The minimum absolute atomic E-state index is 0.0160. The van der Waals surface area contributed by atoms with E-state index < -0.39 is 0 Å². The van der Waals surface area contributed by atoms with Gasteiger partial charge in [-0.3, -0.25) is 9.59 Å². The third kappa shape index (κ3) is 4.31. The molecule has 0 aliphatic heterocycles. The summed E-state index contributed by atoms with van der Waals surface area (Å²) in [6, 6.07) is 12.3. The highest BCUT2D eigenvalue weighted by atomic mass is 35.5. The van der Waals surface area contributed by atoms with Crippen molar-refractivity contribution in [3.63, 3.8) is 0 Å². The first-order valence-corrected chi connectivity index (χ1v) is 8.51. The van der Waals surface area contributed by atoms with Gasteiger partial charge in [0.2, 0.25) is 5.91 Å². The molecule has 2 aromatic carbocycles. The highest BCUT2D eigenvalue weighted by Gasteiger charge is 2.29. The average Bonchev–Trinajstić information content (AvgIpc) is 3.40. The zero-order chi connectivity index (χ0) is 18.0. The summed E-state index contributed by atoms with van der Waals surface area (Å²) in [6.45, 7) is 0. The number of rotatable bonds is 5. The molecular formula is C19H20ClN3O2. The molecule has 2 N–H and O–H groups in total. The smallest absolute Gasteiger partial charge is 0.255 e. The summed E-state index contributed by atoms with van der Waals surface area (Å²) in [5.41, 5.74) is 2.59. The molecule has 1 aliphatic carbocycles. The standard InChI is InChI=1S/C19H20ClN3O2/c1-23(2)17-9-8-14(20)11-16(17)22-19(25)13-4-3-5-15(10-13)21-18(24)12-6-7-12/h3-5,8-12H,6-7H2,1-2H3,(H,21,24)(H,22,25). The number of carbonyl (C=O) groups is 2. The van der Waals surface area contributed by atoms with E-state index in [4.69, 9.17) is 11.6 Å². The van der Waals surface area contributed by atoms with Crippen LogP contribution in [0.25, 0.3) is 0 Å². The number of amides is 2. The molecule has 0 atom stereocenters. The van der Waals surface area contributed by atoms with Gasteiger partial charge in [0.05, 0.1) is 11.4 Å². The van der Waals surface area contributed by atoms with Gasteiger partial charge in [-0.25, -0.2) is 0 Å². The number of benzene rings is 2. The molecule has 25 heavy (non-hydrogen) atoms. The van der Waals surface area contributed by atoms with Crippen LogP contribution >= 0.6 is 11.6 Å². The van der Waals surface area contributed by atoms with Crippen molar-refractivity contribution < 1.29 is 9.59 Å². The molecule has 1 fully saturated rings. The van der Waals surface area contributed by atoms with E-state index in [1.165, 1.54) is 0 Å². The minimum atomic E-state index is -0.257. The van der Waals surface area contributed by atoms with E-state index in [1.807, 2.05) is 25.1 Å². The fourth-order valence-electron chi connectivity index (χ4n) is 2.52. The van der Waals surface area contributed by atoms with E-state index in [2.05, 4.69) is 10.6 Å².